The fraction of sp³-hybridized carbons (Fsp3) is 0.562. The van der Waals surface area contributed by atoms with E-state index >= 15 is 0 Å². The summed E-state index contributed by atoms with van der Waals surface area (Å²) >= 11 is 0. The molecule has 0 radical (unpaired) electrons. The highest BCUT2D eigenvalue weighted by molar-refractivity contribution is 5.79. The standard InChI is InChI=1S/C16H24N2O/c17-12-15(11-14-5-2-1-3-6-14)16(19)18-10-4-7-13-8-9-13/h1-3,5-6,13,15H,4,7-12,17H2,(H,18,19). The molecule has 0 aromatic heterocycles. The van der Waals surface area contributed by atoms with Crippen molar-refractivity contribution >= 4 is 5.91 Å². The van der Waals surface area contributed by atoms with Gasteiger partial charge in [-0.05, 0) is 30.7 Å². The lowest BCUT2D eigenvalue weighted by molar-refractivity contribution is -0.124. The lowest BCUT2D eigenvalue weighted by Gasteiger charge is -2.15. The fourth-order valence-electron chi connectivity index (χ4n) is 2.33. The van der Waals surface area contributed by atoms with Crippen LogP contribution in [-0.4, -0.2) is 19.0 Å². The van der Waals surface area contributed by atoms with Gasteiger partial charge in [-0.15, -0.1) is 0 Å². The summed E-state index contributed by atoms with van der Waals surface area (Å²) in [6, 6.07) is 10.1. The van der Waals surface area contributed by atoms with Crippen LogP contribution < -0.4 is 11.1 Å². The SMILES string of the molecule is NCC(Cc1ccccc1)C(=O)NCCCC1CC1. The number of hydrogen-bond donors (Lipinski definition) is 2. The van der Waals surface area contributed by atoms with Gasteiger partial charge in [0.1, 0.15) is 0 Å². The van der Waals surface area contributed by atoms with Crippen molar-refractivity contribution in [2.45, 2.75) is 32.1 Å². The summed E-state index contributed by atoms with van der Waals surface area (Å²) in [4.78, 5) is 12.0. The second-order valence-electron chi connectivity index (χ2n) is 5.50. The average molecular weight is 260 g/mol. The van der Waals surface area contributed by atoms with Gasteiger partial charge in [-0.1, -0.05) is 43.2 Å². The molecule has 0 aliphatic heterocycles. The third kappa shape index (κ3) is 5.03. The largest absolute Gasteiger partial charge is 0.356 e. The lowest BCUT2D eigenvalue weighted by Crippen LogP contribution is -2.36. The van der Waals surface area contributed by atoms with Gasteiger partial charge >= 0.3 is 0 Å². The van der Waals surface area contributed by atoms with Crippen LogP contribution in [0.1, 0.15) is 31.2 Å². The molecule has 0 heterocycles. The van der Waals surface area contributed by atoms with Gasteiger partial charge in [0.05, 0.1) is 5.92 Å². The first-order valence-corrected chi connectivity index (χ1v) is 7.31. The maximum absolute atomic E-state index is 12.0. The van der Waals surface area contributed by atoms with Crippen LogP contribution in [0.3, 0.4) is 0 Å². The molecule has 3 N–H and O–H groups in total. The van der Waals surface area contributed by atoms with Crippen LogP contribution >= 0.6 is 0 Å². The molecule has 1 amide bonds. The van der Waals surface area contributed by atoms with E-state index in [-0.39, 0.29) is 11.8 Å². The van der Waals surface area contributed by atoms with Crippen LogP contribution in [0.15, 0.2) is 30.3 Å². The van der Waals surface area contributed by atoms with Gasteiger partial charge in [0.15, 0.2) is 0 Å². The van der Waals surface area contributed by atoms with E-state index in [1.165, 1.54) is 24.8 Å². The Balaban J connectivity index is 1.71. The predicted octanol–water partition coefficient (Wildman–Crippen LogP) is 2.11. The van der Waals surface area contributed by atoms with Crippen molar-refractivity contribution in [3.8, 4) is 0 Å². The van der Waals surface area contributed by atoms with E-state index < -0.39 is 0 Å². The van der Waals surface area contributed by atoms with Crippen LogP contribution in [-0.2, 0) is 11.2 Å². The molecule has 1 saturated carbocycles. The number of nitrogens with one attached hydrogen (secondary N) is 1. The first-order valence-electron chi connectivity index (χ1n) is 7.31. The van der Waals surface area contributed by atoms with Gasteiger partial charge < -0.3 is 11.1 Å². The molecule has 0 saturated heterocycles. The molecule has 3 heteroatoms. The van der Waals surface area contributed by atoms with E-state index in [1.807, 2.05) is 30.3 Å². The van der Waals surface area contributed by atoms with Crippen molar-refractivity contribution in [1.29, 1.82) is 0 Å². The highest BCUT2D eigenvalue weighted by atomic mass is 16.1. The number of benzene rings is 1. The van der Waals surface area contributed by atoms with Gasteiger partial charge in [-0.3, -0.25) is 4.79 Å². The molecule has 1 fully saturated rings. The smallest absolute Gasteiger partial charge is 0.224 e. The van der Waals surface area contributed by atoms with E-state index in [9.17, 15) is 4.79 Å². The second-order valence-corrected chi connectivity index (χ2v) is 5.50. The number of carbonyl (C=O) groups is 1. The van der Waals surface area contributed by atoms with Crippen LogP contribution in [0.25, 0.3) is 0 Å². The molecule has 0 bridgehead atoms. The van der Waals surface area contributed by atoms with E-state index in [0.717, 1.165) is 25.3 Å². The fourth-order valence-corrected chi connectivity index (χ4v) is 2.33. The maximum atomic E-state index is 12.0. The Bertz CT molecular complexity index is 387. The summed E-state index contributed by atoms with van der Waals surface area (Å²) in [6.45, 7) is 1.20. The monoisotopic (exact) mass is 260 g/mol. The van der Waals surface area contributed by atoms with Gasteiger partial charge in [-0.25, -0.2) is 0 Å². The minimum absolute atomic E-state index is 0.0992. The first kappa shape index (κ1) is 14.1. The zero-order valence-electron chi connectivity index (χ0n) is 11.5. The normalized spacial score (nSPS) is 16.1. The highest BCUT2D eigenvalue weighted by Gasteiger charge is 2.21. The summed E-state index contributed by atoms with van der Waals surface area (Å²) in [6.07, 6.45) is 5.85. The molecular formula is C16H24N2O. The molecule has 1 aliphatic carbocycles. The summed E-state index contributed by atoms with van der Waals surface area (Å²) in [5, 5.41) is 3.02. The topological polar surface area (TPSA) is 55.1 Å². The number of hydrogen-bond acceptors (Lipinski definition) is 2. The van der Waals surface area contributed by atoms with Crippen molar-refractivity contribution in [2.24, 2.45) is 17.6 Å². The number of nitrogens with two attached hydrogens (primary N) is 1. The molecule has 1 aromatic rings. The Labute approximate surface area is 115 Å². The van der Waals surface area contributed by atoms with Crippen molar-refractivity contribution in [3.63, 3.8) is 0 Å². The number of amides is 1. The van der Waals surface area contributed by atoms with Crippen molar-refractivity contribution in [1.82, 2.24) is 5.32 Å². The second kappa shape index (κ2) is 7.29. The van der Waals surface area contributed by atoms with E-state index in [2.05, 4.69) is 5.32 Å². The number of carbonyl (C=O) groups excluding carboxylic acids is 1. The molecule has 1 atom stereocenters. The maximum Gasteiger partial charge on any atom is 0.224 e. The molecule has 0 spiro atoms. The van der Waals surface area contributed by atoms with Gasteiger partial charge in [-0.2, -0.15) is 0 Å². The van der Waals surface area contributed by atoms with E-state index in [1.54, 1.807) is 0 Å². The molecule has 19 heavy (non-hydrogen) atoms. The van der Waals surface area contributed by atoms with Gasteiger partial charge in [0.25, 0.3) is 0 Å². The third-order valence-corrected chi connectivity index (χ3v) is 3.77. The predicted molar refractivity (Wildman–Crippen MR) is 77.7 cm³/mol. The summed E-state index contributed by atoms with van der Waals surface area (Å²) < 4.78 is 0. The van der Waals surface area contributed by atoms with Crippen LogP contribution in [0.4, 0.5) is 0 Å². The Hall–Kier alpha value is -1.35. The molecule has 2 rings (SSSR count). The molecular weight excluding hydrogens is 236 g/mol. The Morgan fingerprint density at radius 2 is 2.05 bits per heavy atom. The van der Waals surface area contributed by atoms with Crippen molar-refractivity contribution in [3.05, 3.63) is 35.9 Å². The zero-order chi connectivity index (χ0) is 13.5. The molecule has 1 aromatic carbocycles. The minimum atomic E-state index is -0.108. The van der Waals surface area contributed by atoms with Crippen molar-refractivity contribution < 1.29 is 4.79 Å². The summed E-state index contributed by atoms with van der Waals surface area (Å²) in [5.41, 5.74) is 6.90. The van der Waals surface area contributed by atoms with Crippen molar-refractivity contribution in [2.75, 3.05) is 13.1 Å². The molecule has 1 aliphatic rings. The molecule has 1 unspecified atom stereocenters. The van der Waals surface area contributed by atoms with Gasteiger partial charge in [0, 0.05) is 13.1 Å². The Kier molecular flexibility index (Phi) is 5.40. The number of rotatable bonds is 8. The van der Waals surface area contributed by atoms with E-state index in [4.69, 9.17) is 5.73 Å². The van der Waals surface area contributed by atoms with Crippen LogP contribution in [0, 0.1) is 11.8 Å². The van der Waals surface area contributed by atoms with E-state index in [0.29, 0.717) is 6.54 Å². The zero-order valence-corrected chi connectivity index (χ0v) is 11.5. The Morgan fingerprint density at radius 1 is 1.32 bits per heavy atom. The molecule has 3 nitrogen and oxygen atoms in total. The quantitative estimate of drug-likeness (QED) is 0.703. The summed E-state index contributed by atoms with van der Waals surface area (Å²) in [7, 11) is 0. The molecule has 104 valence electrons. The van der Waals surface area contributed by atoms with Crippen LogP contribution in [0.5, 0.6) is 0 Å². The average Bonchev–Trinajstić information content (AvgIpc) is 3.26. The Morgan fingerprint density at radius 3 is 2.68 bits per heavy atom. The first-order chi connectivity index (χ1) is 9.29. The highest BCUT2D eigenvalue weighted by Crippen LogP contribution is 2.33. The minimum Gasteiger partial charge on any atom is -0.356 e. The summed E-state index contributed by atoms with van der Waals surface area (Å²) in [5.74, 6) is 0.928. The lowest BCUT2D eigenvalue weighted by atomic mass is 9.98. The van der Waals surface area contributed by atoms with Crippen LogP contribution in [0.2, 0.25) is 0 Å². The third-order valence-electron chi connectivity index (χ3n) is 3.77. The van der Waals surface area contributed by atoms with Gasteiger partial charge in [0.2, 0.25) is 5.91 Å².